The Hall–Kier alpha value is -0.113. The van der Waals surface area contributed by atoms with Gasteiger partial charge in [-0.05, 0) is 26.7 Å². The lowest BCUT2D eigenvalue weighted by molar-refractivity contribution is 0.537. The van der Waals surface area contributed by atoms with Crippen LogP contribution < -0.4 is 4.72 Å². The lowest BCUT2D eigenvalue weighted by Gasteiger charge is -2.23. The molecule has 0 unspecified atom stereocenters. The molecule has 2 atom stereocenters. The molecule has 0 radical (unpaired) electrons. The van der Waals surface area contributed by atoms with Gasteiger partial charge in [-0.2, -0.15) is 0 Å². The highest BCUT2D eigenvalue weighted by Crippen LogP contribution is 2.12. The van der Waals surface area contributed by atoms with Crippen LogP contribution in [0.2, 0.25) is 19.6 Å². The second-order valence-electron chi connectivity index (χ2n) is 6.74. The minimum Gasteiger partial charge on any atom is -0.242 e. The second kappa shape index (κ2) is 6.17. The molecule has 0 heterocycles. The smallest absolute Gasteiger partial charge is 0.129 e. The molecule has 0 rings (SSSR count). The van der Waals surface area contributed by atoms with Crippen molar-refractivity contribution >= 4 is 19.1 Å². The van der Waals surface area contributed by atoms with Crippen LogP contribution in [-0.4, -0.2) is 23.1 Å². The zero-order valence-electron chi connectivity index (χ0n) is 12.5. The van der Waals surface area contributed by atoms with Crippen LogP contribution in [0, 0.1) is 17.4 Å². The first-order chi connectivity index (χ1) is 7.43. The van der Waals surface area contributed by atoms with E-state index in [0.717, 1.165) is 0 Å². The number of rotatable bonds is 3. The van der Waals surface area contributed by atoms with Gasteiger partial charge in [-0.25, -0.2) is 8.93 Å². The Balaban J connectivity index is 4.78. The topological polar surface area (TPSA) is 29.1 Å². The molecule has 0 aliphatic rings. The van der Waals surface area contributed by atoms with E-state index in [4.69, 9.17) is 0 Å². The fourth-order valence-corrected chi connectivity index (χ4v) is 2.42. The molecule has 0 aliphatic heterocycles. The van der Waals surface area contributed by atoms with Gasteiger partial charge in [0, 0.05) is 0 Å². The van der Waals surface area contributed by atoms with Crippen LogP contribution >= 0.6 is 0 Å². The van der Waals surface area contributed by atoms with Crippen molar-refractivity contribution in [1.29, 1.82) is 0 Å². The molecule has 0 saturated carbocycles. The predicted molar refractivity (Wildman–Crippen MR) is 80.8 cm³/mol. The summed E-state index contributed by atoms with van der Waals surface area (Å²) in [6.07, 6.45) is 0. The minimum absolute atomic E-state index is 0.0155. The second-order valence-corrected chi connectivity index (χ2v) is 13.5. The number of nitrogens with one attached hydrogen (secondary N) is 1. The summed E-state index contributed by atoms with van der Waals surface area (Å²) in [6.45, 7) is 16.8. The van der Waals surface area contributed by atoms with Crippen molar-refractivity contribution in [1.82, 2.24) is 4.72 Å². The summed E-state index contributed by atoms with van der Waals surface area (Å²) < 4.78 is 15.0. The van der Waals surface area contributed by atoms with E-state index in [1.165, 1.54) is 0 Å². The van der Waals surface area contributed by atoms with Crippen molar-refractivity contribution in [2.45, 2.75) is 65.0 Å². The van der Waals surface area contributed by atoms with Crippen LogP contribution in [0.25, 0.3) is 0 Å². The Kier molecular flexibility index (Phi) is 6.13. The van der Waals surface area contributed by atoms with E-state index >= 15 is 0 Å². The fraction of sp³-hybridized carbons (Fsp3) is 0.846. The molecule has 0 aromatic carbocycles. The van der Waals surface area contributed by atoms with Gasteiger partial charge in [-0.3, -0.25) is 0 Å². The van der Waals surface area contributed by atoms with Crippen LogP contribution in [0.1, 0.15) is 34.6 Å². The Labute approximate surface area is 111 Å². The SMILES string of the molecule is CC(C)[C@H](C#C[Si](C)(C)C)N[S@](=O)C(C)(C)C. The third-order valence-electron chi connectivity index (χ3n) is 2.06. The highest BCUT2D eigenvalue weighted by molar-refractivity contribution is 7.84. The van der Waals surface area contributed by atoms with Crippen molar-refractivity contribution < 1.29 is 4.21 Å². The van der Waals surface area contributed by atoms with Crippen molar-refractivity contribution in [2.24, 2.45) is 5.92 Å². The normalized spacial score (nSPS) is 16.3. The van der Waals surface area contributed by atoms with Crippen molar-refractivity contribution in [3.8, 4) is 11.5 Å². The zero-order chi connectivity index (χ0) is 13.9. The van der Waals surface area contributed by atoms with Gasteiger partial charge in [0.15, 0.2) is 0 Å². The number of hydrogen-bond donors (Lipinski definition) is 1. The molecule has 0 bridgehead atoms. The van der Waals surface area contributed by atoms with E-state index in [9.17, 15) is 4.21 Å². The monoisotopic (exact) mass is 273 g/mol. The molecular weight excluding hydrogens is 246 g/mol. The van der Waals surface area contributed by atoms with E-state index in [2.05, 4.69) is 49.7 Å². The predicted octanol–water partition coefficient (Wildman–Crippen LogP) is 2.94. The van der Waals surface area contributed by atoms with Crippen LogP contribution in [0.4, 0.5) is 0 Å². The summed E-state index contributed by atoms with van der Waals surface area (Å²) in [5.41, 5.74) is 3.35. The van der Waals surface area contributed by atoms with Crippen molar-refractivity contribution in [3.05, 3.63) is 0 Å². The van der Waals surface area contributed by atoms with Gasteiger partial charge in [0.05, 0.1) is 21.8 Å². The summed E-state index contributed by atoms with van der Waals surface area (Å²) in [5.74, 6) is 3.64. The van der Waals surface area contributed by atoms with E-state index < -0.39 is 19.1 Å². The third kappa shape index (κ3) is 7.75. The first-order valence-electron chi connectivity index (χ1n) is 6.14. The van der Waals surface area contributed by atoms with Crippen LogP contribution in [0.5, 0.6) is 0 Å². The van der Waals surface area contributed by atoms with Gasteiger partial charge >= 0.3 is 0 Å². The highest BCUT2D eigenvalue weighted by atomic mass is 32.2. The van der Waals surface area contributed by atoms with E-state index in [1.54, 1.807) is 0 Å². The van der Waals surface area contributed by atoms with E-state index in [-0.39, 0.29) is 10.8 Å². The minimum atomic E-state index is -1.36. The van der Waals surface area contributed by atoms with Crippen molar-refractivity contribution in [3.63, 3.8) is 0 Å². The van der Waals surface area contributed by atoms with E-state index in [1.807, 2.05) is 20.8 Å². The molecular formula is C13H27NOSSi. The Morgan fingerprint density at radius 3 is 1.94 bits per heavy atom. The summed E-state index contributed by atoms with van der Waals surface area (Å²) in [6, 6.07) is 0.0155. The lowest BCUT2D eigenvalue weighted by atomic mass is 10.1. The van der Waals surface area contributed by atoms with Crippen LogP contribution in [0.3, 0.4) is 0 Å². The standard InChI is InChI=1S/C13H27NOSSi/c1-11(2)12(9-10-17(6,7)8)14-16(15)13(3,4)5/h11-12,14H,1-8H3/t12-,16+/m0/s1. The maximum absolute atomic E-state index is 12.0. The Bertz CT molecular complexity index is 328. The van der Waals surface area contributed by atoms with Crippen LogP contribution in [-0.2, 0) is 11.0 Å². The van der Waals surface area contributed by atoms with Gasteiger partial charge in [0.1, 0.15) is 8.07 Å². The first-order valence-corrected chi connectivity index (χ1v) is 10.8. The average molecular weight is 274 g/mol. The zero-order valence-corrected chi connectivity index (χ0v) is 14.3. The third-order valence-corrected chi connectivity index (χ3v) is 4.53. The van der Waals surface area contributed by atoms with Crippen molar-refractivity contribution in [2.75, 3.05) is 0 Å². The largest absolute Gasteiger partial charge is 0.242 e. The molecule has 0 spiro atoms. The Morgan fingerprint density at radius 2 is 1.65 bits per heavy atom. The molecule has 1 N–H and O–H groups in total. The number of hydrogen-bond acceptors (Lipinski definition) is 1. The van der Waals surface area contributed by atoms with Gasteiger partial charge in [0.2, 0.25) is 0 Å². The quantitative estimate of drug-likeness (QED) is 0.622. The fourth-order valence-electron chi connectivity index (χ4n) is 0.919. The lowest BCUT2D eigenvalue weighted by Crippen LogP contribution is -2.41. The summed E-state index contributed by atoms with van der Waals surface area (Å²) in [7, 11) is -2.42. The average Bonchev–Trinajstić information content (AvgIpc) is 2.07. The van der Waals surface area contributed by atoms with E-state index in [0.29, 0.717) is 5.92 Å². The van der Waals surface area contributed by atoms with Gasteiger partial charge < -0.3 is 0 Å². The molecule has 0 aromatic rings. The molecule has 0 saturated heterocycles. The molecule has 0 fully saturated rings. The summed E-state index contributed by atoms with van der Waals surface area (Å²) >= 11 is 0. The molecule has 17 heavy (non-hydrogen) atoms. The molecule has 4 heteroatoms. The van der Waals surface area contributed by atoms with Gasteiger partial charge in [-0.15, -0.1) is 5.54 Å². The molecule has 0 amide bonds. The Morgan fingerprint density at radius 1 is 1.18 bits per heavy atom. The first kappa shape index (κ1) is 16.9. The van der Waals surface area contributed by atoms with Gasteiger partial charge in [-0.1, -0.05) is 39.4 Å². The summed E-state index contributed by atoms with van der Waals surface area (Å²) in [5, 5.41) is 0. The molecule has 2 nitrogen and oxygen atoms in total. The highest BCUT2D eigenvalue weighted by Gasteiger charge is 2.23. The molecule has 0 aromatic heterocycles. The maximum atomic E-state index is 12.0. The van der Waals surface area contributed by atoms with Gasteiger partial charge in [0.25, 0.3) is 0 Å². The summed E-state index contributed by atoms with van der Waals surface area (Å²) in [4.78, 5) is 0. The van der Waals surface area contributed by atoms with Crippen LogP contribution in [0.15, 0.2) is 0 Å². The molecule has 0 aliphatic carbocycles. The molecule has 100 valence electrons. The maximum Gasteiger partial charge on any atom is 0.129 e.